The van der Waals surface area contributed by atoms with Gasteiger partial charge < -0.3 is 20.1 Å². The number of guanidine groups is 1. The Kier molecular flexibility index (Phi) is 8.34. The van der Waals surface area contributed by atoms with Gasteiger partial charge >= 0.3 is 0 Å². The predicted octanol–water partition coefficient (Wildman–Crippen LogP) is 2.57. The second-order valence-electron chi connectivity index (χ2n) is 7.17. The fourth-order valence-electron chi connectivity index (χ4n) is 3.26. The molecule has 1 saturated heterocycles. The predicted molar refractivity (Wildman–Crippen MR) is 117 cm³/mol. The normalized spacial score (nSPS) is 15.2. The second kappa shape index (κ2) is 11.4. The lowest BCUT2D eigenvalue weighted by atomic mass is 10.1. The first-order chi connectivity index (χ1) is 14.2. The number of aliphatic imine (C=N–C) groups is 1. The monoisotopic (exact) mass is 396 g/mol. The average molecular weight is 397 g/mol. The van der Waals surface area contributed by atoms with Crippen LogP contribution in [0.25, 0.3) is 0 Å². The highest BCUT2D eigenvalue weighted by atomic mass is 16.5. The van der Waals surface area contributed by atoms with Gasteiger partial charge in [0.2, 0.25) is 0 Å². The number of ether oxygens (including phenoxy) is 2. The molecule has 3 rings (SSSR count). The van der Waals surface area contributed by atoms with Crippen LogP contribution in [0.2, 0.25) is 0 Å². The third-order valence-electron chi connectivity index (χ3n) is 4.97. The van der Waals surface area contributed by atoms with Gasteiger partial charge in [0.25, 0.3) is 0 Å². The van der Waals surface area contributed by atoms with E-state index in [1.165, 1.54) is 16.7 Å². The molecule has 1 fully saturated rings. The summed E-state index contributed by atoms with van der Waals surface area (Å²) in [6.07, 6.45) is 0. The van der Waals surface area contributed by atoms with Crippen LogP contribution >= 0.6 is 0 Å². The summed E-state index contributed by atoms with van der Waals surface area (Å²) < 4.78 is 11.2. The van der Waals surface area contributed by atoms with Crippen LogP contribution in [0.3, 0.4) is 0 Å². The third kappa shape index (κ3) is 7.07. The van der Waals surface area contributed by atoms with Crippen molar-refractivity contribution in [3.05, 3.63) is 65.2 Å². The third-order valence-corrected chi connectivity index (χ3v) is 4.97. The molecule has 6 heteroatoms. The van der Waals surface area contributed by atoms with Crippen molar-refractivity contribution in [2.75, 3.05) is 46.5 Å². The first-order valence-corrected chi connectivity index (χ1v) is 10.3. The fraction of sp³-hybridized carbons (Fsp3) is 0.435. The van der Waals surface area contributed by atoms with E-state index in [4.69, 9.17) is 9.47 Å². The minimum absolute atomic E-state index is 0.581. The number of benzene rings is 2. The summed E-state index contributed by atoms with van der Waals surface area (Å²) in [6, 6.07) is 16.7. The van der Waals surface area contributed by atoms with Crippen molar-refractivity contribution in [2.24, 2.45) is 4.99 Å². The summed E-state index contributed by atoms with van der Waals surface area (Å²) in [4.78, 5) is 6.76. The van der Waals surface area contributed by atoms with E-state index in [2.05, 4.69) is 63.8 Å². The van der Waals surface area contributed by atoms with Crippen molar-refractivity contribution in [3.8, 4) is 5.75 Å². The summed E-state index contributed by atoms with van der Waals surface area (Å²) >= 11 is 0. The van der Waals surface area contributed by atoms with Crippen molar-refractivity contribution in [3.63, 3.8) is 0 Å². The molecule has 1 aliphatic rings. The number of hydrogen-bond donors (Lipinski definition) is 2. The van der Waals surface area contributed by atoms with Gasteiger partial charge in [0, 0.05) is 33.2 Å². The Balaban J connectivity index is 1.43. The molecule has 29 heavy (non-hydrogen) atoms. The molecule has 0 amide bonds. The van der Waals surface area contributed by atoms with Crippen molar-refractivity contribution in [2.45, 2.75) is 20.0 Å². The molecule has 2 N–H and O–H groups in total. The number of morpholine rings is 1. The first-order valence-electron chi connectivity index (χ1n) is 10.3. The molecule has 0 aromatic heterocycles. The van der Waals surface area contributed by atoms with Crippen LogP contribution in [-0.4, -0.2) is 57.4 Å². The Bertz CT molecular complexity index is 771. The maximum Gasteiger partial charge on any atom is 0.191 e. The van der Waals surface area contributed by atoms with Gasteiger partial charge in [0.15, 0.2) is 5.96 Å². The maximum absolute atomic E-state index is 5.76. The molecular formula is C23H32N4O2. The van der Waals surface area contributed by atoms with Gasteiger partial charge in [0.05, 0.1) is 19.8 Å². The zero-order chi connectivity index (χ0) is 20.3. The average Bonchev–Trinajstić information content (AvgIpc) is 2.76. The first kappa shape index (κ1) is 21.1. The highest BCUT2D eigenvalue weighted by Crippen LogP contribution is 2.13. The number of hydrogen-bond acceptors (Lipinski definition) is 4. The van der Waals surface area contributed by atoms with Crippen LogP contribution in [0.1, 0.15) is 16.7 Å². The maximum atomic E-state index is 5.76. The lowest BCUT2D eigenvalue weighted by Gasteiger charge is -2.27. The van der Waals surface area contributed by atoms with Crippen LogP contribution in [0.15, 0.2) is 53.5 Å². The molecule has 0 spiro atoms. The van der Waals surface area contributed by atoms with Gasteiger partial charge in [-0.15, -0.1) is 0 Å². The van der Waals surface area contributed by atoms with E-state index in [9.17, 15) is 0 Å². The van der Waals surface area contributed by atoms with E-state index in [1.54, 1.807) is 7.05 Å². The second-order valence-corrected chi connectivity index (χ2v) is 7.17. The molecule has 156 valence electrons. The quantitative estimate of drug-likeness (QED) is 0.408. The molecule has 0 aliphatic carbocycles. The highest BCUT2D eigenvalue weighted by Gasteiger charge is 2.12. The van der Waals surface area contributed by atoms with Crippen LogP contribution < -0.4 is 15.4 Å². The molecule has 0 radical (unpaired) electrons. The van der Waals surface area contributed by atoms with Crippen LogP contribution in [-0.2, 0) is 17.8 Å². The Labute approximate surface area is 173 Å². The summed E-state index contributed by atoms with van der Waals surface area (Å²) in [6.45, 7) is 8.65. The highest BCUT2D eigenvalue weighted by molar-refractivity contribution is 5.79. The number of aryl methyl sites for hydroxylation is 1. The molecule has 0 bridgehead atoms. The summed E-state index contributed by atoms with van der Waals surface area (Å²) in [5.41, 5.74) is 3.87. The molecule has 2 aromatic rings. The minimum atomic E-state index is 0.581. The van der Waals surface area contributed by atoms with E-state index in [-0.39, 0.29) is 0 Å². The van der Waals surface area contributed by atoms with Gasteiger partial charge in [-0.25, -0.2) is 0 Å². The largest absolute Gasteiger partial charge is 0.492 e. The van der Waals surface area contributed by atoms with Crippen LogP contribution in [0.4, 0.5) is 0 Å². The zero-order valence-corrected chi connectivity index (χ0v) is 17.5. The minimum Gasteiger partial charge on any atom is -0.492 e. The Morgan fingerprint density at radius 3 is 2.48 bits per heavy atom. The van der Waals surface area contributed by atoms with Gasteiger partial charge in [-0.05, 0) is 30.2 Å². The summed E-state index contributed by atoms with van der Waals surface area (Å²) in [5, 5.41) is 6.72. The molecule has 1 aliphatic heterocycles. The smallest absolute Gasteiger partial charge is 0.191 e. The molecule has 2 aromatic carbocycles. The number of rotatable bonds is 8. The van der Waals surface area contributed by atoms with Gasteiger partial charge in [-0.1, -0.05) is 42.0 Å². The number of nitrogens with one attached hydrogen (secondary N) is 2. The topological polar surface area (TPSA) is 58.1 Å². The molecule has 0 unspecified atom stereocenters. The van der Waals surface area contributed by atoms with Gasteiger partial charge in [-0.3, -0.25) is 9.89 Å². The summed E-state index contributed by atoms with van der Waals surface area (Å²) in [5.74, 6) is 1.66. The standard InChI is InChI=1S/C23H32N4O2/c1-19-7-9-22(10-8-19)29-14-11-25-23(24-2)26-17-20-5-3-4-6-21(20)18-27-12-15-28-16-13-27/h3-10H,11-18H2,1-2H3,(H2,24,25,26). The van der Waals surface area contributed by atoms with Crippen molar-refractivity contribution < 1.29 is 9.47 Å². The molecule has 0 saturated carbocycles. The van der Waals surface area contributed by atoms with Crippen molar-refractivity contribution in [1.82, 2.24) is 15.5 Å². The molecule has 6 nitrogen and oxygen atoms in total. The Morgan fingerprint density at radius 1 is 1.03 bits per heavy atom. The molecular weight excluding hydrogens is 364 g/mol. The van der Waals surface area contributed by atoms with E-state index >= 15 is 0 Å². The lowest BCUT2D eigenvalue weighted by molar-refractivity contribution is 0.0341. The SMILES string of the molecule is CN=C(NCCOc1ccc(C)cc1)NCc1ccccc1CN1CCOCC1. The Morgan fingerprint density at radius 2 is 1.76 bits per heavy atom. The lowest BCUT2D eigenvalue weighted by Crippen LogP contribution is -2.39. The Hall–Kier alpha value is -2.57. The van der Waals surface area contributed by atoms with Crippen molar-refractivity contribution >= 4 is 5.96 Å². The molecule has 0 atom stereocenters. The van der Waals surface area contributed by atoms with E-state index < -0.39 is 0 Å². The number of nitrogens with zero attached hydrogens (tertiary/aromatic N) is 2. The molecule has 1 heterocycles. The summed E-state index contributed by atoms with van der Waals surface area (Å²) in [7, 11) is 1.79. The van der Waals surface area contributed by atoms with Crippen LogP contribution in [0, 0.1) is 6.92 Å². The zero-order valence-electron chi connectivity index (χ0n) is 17.5. The van der Waals surface area contributed by atoms with Gasteiger partial charge in [0.1, 0.15) is 12.4 Å². The van der Waals surface area contributed by atoms with E-state index in [0.29, 0.717) is 13.2 Å². The fourth-order valence-corrected chi connectivity index (χ4v) is 3.26. The van der Waals surface area contributed by atoms with Gasteiger partial charge in [-0.2, -0.15) is 0 Å². The van der Waals surface area contributed by atoms with Crippen LogP contribution in [0.5, 0.6) is 5.75 Å². The van der Waals surface area contributed by atoms with E-state index in [0.717, 1.165) is 51.1 Å². The van der Waals surface area contributed by atoms with Crippen molar-refractivity contribution in [1.29, 1.82) is 0 Å². The van der Waals surface area contributed by atoms with E-state index in [1.807, 2.05) is 12.1 Å².